The first-order valence-corrected chi connectivity index (χ1v) is 3.02. The fourth-order valence-electron chi connectivity index (χ4n) is 0.750. The van der Waals surface area contributed by atoms with Crippen molar-refractivity contribution in [2.24, 2.45) is 0 Å². The standard InChI is InChI=1S/C7H7NO3/c1-5-4-6(8(10)11)2-3-7(5)9/h2-4,7,9H,1H2. The van der Waals surface area contributed by atoms with Crippen molar-refractivity contribution < 1.29 is 10.0 Å². The van der Waals surface area contributed by atoms with Gasteiger partial charge in [0, 0.05) is 12.2 Å². The van der Waals surface area contributed by atoms with Gasteiger partial charge >= 0.3 is 0 Å². The average molecular weight is 153 g/mol. The molecule has 4 heteroatoms. The van der Waals surface area contributed by atoms with Gasteiger partial charge in [0.15, 0.2) is 0 Å². The SMILES string of the molecule is C=C1C=C([N+](=O)[O-])C=CC1O. The molecule has 0 aromatic carbocycles. The van der Waals surface area contributed by atoms with Crippen LogP contribution in [-0.2, 0) is 0 Å². The van der Waals surface area contributed by atoms with E-state index in [4.69, 9.17) is 5.11 Å². The number of allylic oxidation sites excluding steroid dienone is 1. The number of hydrogen-bond donors (Lipinski definition) is 1. The molecular formula is C7H7NO3. The fraction of sp³-hybridized carbons (Fsp3) is 0.143. The van der Waals surface area contributed by atoms with Gasteiger partial charge < -0.3 is 5.11 Å². The lowest BCUT2D eigenvalue weighted by atomic mass is 10.1. The van der Waals surface area contributed by atoms with E-state index in [0.29, 0.717) is 5.57 Å². The number of nitrogens with zero attached hydrogens (tertiary/aromatic N) is 1. The summed E-state index contributed by atoms with van der Waals surface area (Å²) in [5, 5.41) is 19.2. The largest absolute Gasteiger partial charge is 0.384 e. The van der Waals surface area contributed by atoms with Crippen molar-refractivity contribution in [3.63, 3.8) is 0 Å². The van der Waals surface area contributed by atoms with Crippen molar-refractivity contribution in [1.82, 2.24) is 0 Å². The van der Waals surface area contributed by atoms with Crippen LogP contribution in [0.15, 0.2) is 36.1 Å². The summed E-state index contributed by atoms with van der Waals surface area (Å²) in [7, 11) is 0. The van der Waals surface area contributed by atoms with Gasteiger partial charge in [0.25, 0.3) is 5.70 Å². The van der Waals surface area contributed by atoms with Gasteiger partial charge in [0.1, 0.15) is 0 Å². The predicted molar refractivity (Wildman–Crippen MR) is 39.4 cm³/mol. The van der Waals surface area contributed by atoms with Crippen molar-refractivity contribution in [1.29, 1.82) is 0 Å². The van der Waals surface area contributed by atoms with E-state index in [2.05, 4.69) is 6.58 Å². The molecule has 0 aromatic rings. The number of nitro groups is 1. The molecule has 0 bridgehead atoms. The first kappa shape index (κ1) is 7.68. The Morgan fingerprint density at radius 2 is 2.36 bits per heavy atom. The molecule has 0 radical (unpaired) electrons. The molecular weight excluding hydrogens is 146 g/mol. The molecule has 1 rings (SSSR count). The third-order valence-electron chi connectivity index (χ3n) is 1.37. The summed E-state index contributed by atoms with van der Waals surface area (Å²) in [6, 6.07) is 0. The molecule has 0 aliphatic heterocycles. The maximum Gasteiger partial charge on any atom is 0.269 e. The third-order valence-corrected chi connectivity index (χ3v) is 1.37. The van der Waals surface area contributed by atoms with E-state index in [1.165, 1.54) is 18.2 Å². The van der Waals surface area contributed by atoms with Crippen LogP contribution in [0, 0.1) is 10.1 Å². The van der Waals surface area contributed by atoms with E-state index in [0.717, 1.165) is 0 Å². The second-order valence-electron chi connectivity index (χ2n) is 2.21. The molecule has 0 aromatic heterocycles. The van der Waals surface area contributed by atoms with Crippen LogP contribution in [0.3, 0.4) is 0 Å². The van der Waals surface area contributed by atoms with E-state index in [1.807, 2.05) is 0 Å². The van der Waals surface area contributed by atoms with Crippen LogP contribution >= 0.6 is 0 Å². The molecule has 0 amide bonds. The minimum atomic E-state index is -0.779. The lowest BCUT2D eigenvalue weighted by Gasteiger charge is -2.07. The minimum Gasteiger partial charge on any atom is -0.384 e. The van der Waals surface area contributed by atoms with Crippen molar-refractivity contribution in [2.75, 3.05) is 0 Å². The highest BCUT2D eigenvalue weighted by atomic mass is 16.6. The average Bonchev–Trinajstić information content (AvgIpc) is 1.94. The van der Waals surface area contributed by atoms with Crippen LogP contribution in [0.5, 0.6) is 0 Å². The summed E-state index contributed by atoms with van der Waals surface area (Å²) in [6.45, 7) is 3.45. The third kappa shape index (κ3) is 1.53. The normalized spacial score (nSPS) is 23.2. The summed E-state index contributed by atoms with van der Waals surface area (Å²) in [5.41, 5.74) is 0.305. The van der Waals surface area contributed by atoms with E-state index in [1.54, 1.807) is 0 Å². The molecule has 0 spiro atoms. The maximum atomic E-state index is 10.2. The van der Waals surface area contributed by atoms with Crippen LogP contribution in [0.1, 0.15) is 0 Å². The topological polar surface area (TPSA) is 63.4 Å². The van der Waals surface area contributed by atoms with Crippen molar-refractivity contribution in [3.8, 4) is 0 Å². The Morgan fingerprint density at radius 3 is 2.82 bits per heavy atom. The van der Waals surface area contributed by atoms with E-state index >= 15 is 0 Å². The molecule has 4 nitrogen and oxygen atoms in total. The van der Waals surface area contributed by atoms with Gasteiger partial charge in [-0.25, -0.2) is 0 Å². The highest BCUT2D eigenvalue weighted by molar-refractivity contribution is 5.35. The van der Waals surface area contributed by atoms with E-state index < -0.39 is 11.0 Å². The molecule has 1 unspecified atom stereocenters. The highest BCUT2D eigenvalue weighted by Crippen LogP contribution is 2.14. The minimum absolute atomic E-state index is 0.0414. The zero-order valence-corrected chi connectivity index (χ0v) is 5.73. The van der Waals surface area contributed by atoms with Gasteiger partial charge in [-0.15, -0.1) is 0 Å². The Labute approximate surface area is 63.3 Å². The summed E-state index contributed by atoms with van der Waals surface area (Å²) < 4.78 is 0. The van der Waals surface area contributed by atoms with Crippen LogP contribution in [-0.4, -0.2) is 16.1 Å². The van der Waals surface area contributed by atoms with Gasteiger partial charge in [-0.3, -0.25) is 10.1 Å². The second-order valence-corrected chi connectivity index (χ2v) is 2.21. The van der Waals surface area contributed by atoms with Gasteiger partial charge in [0.05, 0.1) is 11.0 Å². The monoisotopic (exact) mass is 153 g/mol. The summed E-state index contributed by atoms with van der Waals surface area (Å²) in [5.74, 6) is 0. The van der Waals surface area contributed by atoms with Crippen LogP contribution in [0.2, 0.25) is 0 Å². The molecule has 0 saturated heterocycles. The molecule has 0 saturated carbocycles. The zero-order chi connectivity index (χ0) is 8.43. The van der Waals surface area contributed by atoms with Crippen molar-refractivity contribution in [2.45, 2.75) is 6.10 Å². The first-order valence-electron chi connectivity index (χ1n) is 3.02. The van der Waals surface area contributed by atoms with Crippen molar-refractivity contribution >= 4 is 0 Å². The zero-order valence-electron chi connectivity index (χ0n) is 5.73. The van der Waals surface area contributed by atoms with Gasteiger partial charge in [-0.2, -0.15) is 0 Å². The van der Waals surface area contributed by atoms with Crippen LogP contribution in [0.25, 0.3) is 0 Å². The molecule has 0 fully saturated rings. The second kappa shape index (κ2) is 2.67. The maximum absolute atomic E-state index is 10.2. The molecule has 1 N–H and O–H groups in total. The number of rotatable bonds is 1. The quantitative estimate of drug-likeness (QED) is 0.444. The summed E-state index contributed by atoms with van der Waals surface area (Å²) in [6.07, 6.45) is 3.07. The predicted octanol–water partition coefficient (Wildman–Crippen LogP) is 0.634. The Kier molecular flexibility index (Phi) is 1.87. The number of hydrogen-bond acceptors (Lipinski definition) is 3. The molecule has 1 atom stereocenters. The molecule has 11 heavy (non-hydrogen) atoms. The molecule has 1 aliphatic rings. The van der Waals surface area contributed by atoms with Gasteiger partial charge in [-0.1, -0.05) is 6.58 Å². The number of aliphatic hydroxyl groups is 1. The highest BCUT2D eigenvalue weighted by Gasteiger charge is 2.15. The van der Waals surface area contributed by atoms with Crippen molar-refractivity contribution in [3.05, 3.63) is 46.2 Å². The summed E-state index contributed by atoms with van der Waals surface area (Å²) in [4.78, 5) is 9.65. The molecule has 58 valence electrons. The van der Waals surface area contributed by atoms with Gasteiger partial charge in [0.2, 0.25) is 0 Å². The molecule has 1 aliphatic carbocycles. The Hall–Kier alpha value is -1.42. The lowest BCUT2D eigenvalue weighted by molar-refractivity contribution is -0.419. The molecule has 0 heterocycles. The van der Waals surface area contributed by atoms with Gasteiger partial charge in [-0.05, 0) is 11.6 Å². The van der Waals surface area contributed by atoms with E-state index in [9.17, 15) is 10.1 Å². The fourth-order valence-corrected chi connectivity index (χ4v) is 0.750. The first-order chi connectivity index (χ1) is 5.11. The smallest absolute Gasteiger partial charge is 0.269 e. The van der Waals surface area contributed by atoms with Crippen LogP contribution in [0.4, 0.5) is 0 Å². The Balaban J connectivity index is 2.89. The number of aliphatic hydroxyl groups excluding tert-OH is 1. The van der Waals surface area contributed by atoms with E-state index in [-0.39, 0.29) is 5.70 Å². The lowest BCUT2D eigenvalue weighted by Crippen LogP contribution is -2.10. The van der Waals surface area contributed by atoms with Crippen LogP contribution < -0.4 is 0 Å². The Morgan fingerprint density at radius 1 is 1.73 bits per heavy atom. The Bertz CT molecular complexity index is 265. The summed E-state index contributed by atoms with van der Waals surface area (Å²) >= 11 is 0.